The summed E-state index contributed by atoms with van der Waals surface area (Å²) in [6, 6.07) is 31.3. The predicted molar refractivity (Wildman–Crippen MR) is 140 cm³/mol. The van der Waals surface area contributed by atoms with E-state index < -0.39 is 0 Å². The maximum Gasteiger partial charge on any atom is 0.223 e. The number of nitrogens with zero attached hydrogens (tertiary/aromatic N) is 1. The molecular weight excluding hydrogens is 402 g/mol. The van der Waals surface area contributed by atoms with Crippen molar-refractivity contribution in [1.29, 1.82) is 0 Å². The van der Waals surface area contributed by atoms with Crippen LogP contribution >= 0.6 is 0 Å². The van der Waals surface area contributed by atoms with Gasteiger partial charge in [-0.3, -0.25) is 4.79 Å². The summed E-state index contributed by atoms with van der Waals surface area (Å²) < 4.78 is 0. The lowest BCUT2D eigenvalue weighted by molar-refractivity contribution is -0.132. The van der Waals surface area contributed by atoms with E-state index in [1.165, 1.54) is 24.0 Å². The van der Waals surface area contributed by atoms with Crippen LogP contribution in [0.4, 0.5) is 0 Å². The Bertz CT molecular complexity index is 940. The van der Waals surface area contributed by atoms with E-state index in [1.54, 1.807) is 0 Å². The number of carbonyl (C=O) groups excluding carboxylic acids is 1. The van der Waals surface area contributed by atoms with Crippen LogP contribution in [0.25, 0.3) is 6.08 Å². The van der Waals surface area contributed by atoms with Gasteiger partial charge in [-0.25, -0.2) is 0 Å². The number of hydrogen-bond donors (Lipinski definition) is 0. The first-order chi connectivity index (χ1) is 16.2. The van der Waals surface area contributed by atoms with Crippen molar-refractivity contribution in [1.82, 2.24) is 4.90 Å². The van der Waals surface area contributed by atoms with Gasteiger partial charge in [0, 0.05) is 13.0 Å². The van der Waals surface area contributed by atoms with E-state index in [9.17, 15) is 4.79 Å². The van der Waals surface area contributed by atoms with Crippen molar-refractivity contribution >= 4 is 12.0 Å². The van der Waals surface area contributed by atoms with Crippen LogP contribution in [-0.2, 0) is 4.79 Å². The smallest absolute Gasteiger partial charge is 0.223 e. The number of rotatable bonds is 12. The summed E-state index contributed by atoms with van der Waals surface area (Å²) in [5.41, 5.74) is 4.82. The number of hydrogen-bond acceptors (Lipinski definition) is 1. The van der Waals surface area contributed by atoms with Gasteiger partial charge >= 0.3 is 0 Å². The second-order valence-corrected chi connectivity index (χ2v) is 8.67. The average Bonchev–Trinajstić information content (AvgIpc) is 2.86. The minimum absolute atomic E-state index is 0.100. The first-order valence-corrected chi connectivity index (χ1v) is 12.4. The van der Waals surface area contributed by atoms with Crippen molar-refractivity contribution in [3.63, 3.8) is 0 Å². The van der Waals surface area contributed by atoms with E-state index in [2.05, 4.69) is 97.6 Å². The highest BCUT2D eigenvalue weighted by molar-refractivity contribution is 5.78. The highest BCUT2D eigenvalue weighted by Gasteiger charge is 2.27. The normalized spacial score (nSPS) is 11.5. The van der Waals surface area contributed by atoms with Crippen molar-refractivity contribution in [3.8, 4) is 0 Å². The Morgan fingerprint density at radius 2 is 1.27 bits per heavy atom. The number of benzene rings is 3. The van der Waals surface area contributed by atoms with E-state index in [1.807, 2.05) is 18.2 Å². The zero-order valence-corrected chi connectivity index (χ0v) is 20.1. The van der Waals surface area contributed by atoms with Gasteiger partial charge in [0.25, 0.3) is 0 Å². The molecule has 172 valence electrons. The van der Waals surface area contributed by atoms with Crippen molar-refractivity contribution in [3.05, 3.63) is 113 Å². The third-order valence-electron chi connectivity index (χ3n) is 5.97. The van der Waals surface area contributed by atoms with Gasteiger partial charge < -0.3 is 4.90 Å². The Kier molecular flexibility index (Phi) is 9.97. The van der Waals surface area contributed by atoms with Crippen molar-refractivity contribution in [2.24, 2.45) is 0 Å². The molecule has 0 spiro atoms. The van der Waals surface area contributed by atoms with E-state index >= 15 is 0 Å². The summed E-state index contributed by atoms with van der Waals surface area (Å²) in [6.45, 7) is 4.96. The fraction of sp³-hybridized carbons (Fsp3) is 0.323. The fourth-order valence-electron chi connectivity index (χ4n) is 4.31. The van der Waals surface area contributed by atoms with Gasteiger partial charge in [0.05, 0.1) is 6.04 Å². The first-order valence-electron chi connectivity index (χ1n) is 12.4. The van der Waals surface area contributed by atoms with E-state index in [4.69, 9.17) is 0 Å². The molecule has 0 aliphatic rings. The van der Waals surface area contributed by atoms with Gasteiger partial charge in [-0.05, 0) is 36.0 Å². The summed E-state index contributed by atoms with van der Waals surface area (Å²) in [5, 5.41) is 0. The minimum Gasteiger partial charge on any atom is -0.328 e. The molecule has 0 aliphatic heterocycles. The Morgan fingerprint density at radius 3 is 1.79 bits per heavy atom. The lowest BCUT2D eigenvalue weighted by Crippen LogP contribution is -2.37. The molecule has 0 bridgehead atoms. The molecule has 0 saturated heterocycles. The van der Waals surface area contributed by atoms with E-state index in [0.717, 1.165) is 30.4 Å². The first kappa shape index (κ1) is 24.5. The van der Waals surface area contributed by atoms with Gasteiger partial charge in [-0.1, -0.05) is 129 Å². The molecule has 3 rings (SSSR count). The molecule has 0 aliphatic carbocycles. The number of amides is 1. The molecule has 0 radical (unpaired) electrons. The summed E-state index contributed by atoms with van der Waals surface area (Å²) in [4.78, 5) is 15.7. The van der Waals surface area contributed by atoms with Crippen molar-refractivity contribution in [2.75, 3.05) is 6.54 Å². The van der Waals surface area contributed by atoms with Crippen LogP contribution in [-0.4, -0.2) is 17.4 Å². The van der Waals surface area contributed by atoms with Crippen LogP contribution in [0.5, 0.6) is 0 Å². The second kappa shape index (κ2) is 13.4. The standard InChI is InChI=1S/C31H37NO/c1-3-5-9-19-27(24-26-17-10-6-11-18-26)25-32(30(33)16-4-2)31(28-20-12-7-13-21-28)29-22-14-8-15-23-29/h6-8,10-15,17-18,20-24,31H,3-5,9,16,19,25H2,1-2H3/b27-24+. The molecule has 3 aromatic carbocycles. The topological polar surface area (TPSA) is 20.3 Å². The Morgan fingerprint density at radius 1 is 0.727 bits per heavy atom. The number of carbonyl (C=O) groups is 1. The van der Waals surface area contributed by atoms with Crippen LogP contribution < -0.4 is 0 Å². The predicted octanol–water partition coefficient (Wildman–Crippen LogP) is 8.07. The zero-order valence-electron chi connectivity index (χ0n) is 20.1. The van der Waals surface area contributed by atoms with Crippen LogP contribution in [0.3, 0.4) is 0 Å². The average molecular weight is 440 g/mol. The molecule has 0 heterocycles. The van der Waals surface area contributed by atoms with Gasteiger partial charge in [0.2, 0.25) is 5.91 Å². The van der Waals surface area contributed by atoms with Crippen LogP contribution in [0.2, 0.25) is 0 Å². The highest BCUT2D eigenvalue weighted by atomic mass is 16.2. The van der Waals surface area contributed by atoms with Crippen molar-refractivity contribution < 1.29 is 4.79 Å². The molecule has 0 saturated carbocycles. The monoisotopic (exact) mass is 439 g/mol. The zero-order chi connectivity index (χ0) is 23.3. The van der Waals surface area contributed by atoms with E-state index in [0.29, 0.717) is 13.0 Å². The third-order valence-corrected chi connectivity index (χ3v) is 5.97. The SMILES string of the molecule is CCCCC/C(=C\c1ccccc1)CN(C(=O)CCC)C(c1ccccc1)c1ccccc1. The van der Waals surface area contributed by atoms with Gasteiger partial charge in [-0.2, -0.15) is 0 Å². The summed E-state index contributed by atoms with van der Waals surface area (Å²) >= 11 is 0. The Balaban J connectivity index is 2.02. The van der Waals surface area contributed by atoms with E-state index in [-0.39, 0.29) is 11.9 Å². The van der Waals surface area contributed by atoms with Crippen LogP contribution in [0, 0.1) is 0 Å². The molecule has 0 aromatic heterocycles. The number of unbranched alkanes of at least 4 members (excludes halogenated alkanes) is 2. The lowest BCUT2D eigenvalue weighted by atomic mass is 9.95. The molecule has 2 nitrogen and oxygen atoms in total. The van der Waals surface area contributed by atoms with Crippen LogP contribution in [0.1, 0.15) is 75.1 Å². The maximum absolute atomic E-state index is 13.5. The molecule has 2 heteroatoms. The second-order valence-electron chi connectivity index (χ2n) is 8.67. The third kappa shape index (κ3) is 7.46. The molecule has 0 unspecified atom stereocenters. The molecule has 0 N–H and O–H groups in total. The van der Waals surface area contributed by atoms with Crippen LogP contribution in [0.15, 0.2) is 96.6 Å². The quantitative estimate of drug-likeness (QED) is 0.261. The molecular formula is C31H37NO. The summed E-state index contributed by atoms with van der Waals surface area (Å²) in [5.74, 6) is 0.213. The Hall–Kier alpha value is -3.13. The summed E-state index contributed by atoms with van der Waals surface area (Å²) in [7, 11) is 0. The van der Waals surface area contributed by atoms with Crippen molar-refractivity contribution in [2.45, 2.75) is 58.4 Å². The fourth-order valence-corrected chi connectivity index (χ4v) is 4.31. The summed E-state index contributed by atoms with van der Waals surface area (Å²) in [6.07, 6.45) is 8.24. The minimum atomic E-state index is -0.100. The molecule has 1 amide bonds. The van der Waals surface area contributed by atoms with Gasteiger partial charge in [-0.15, -0.1) is 0 Å². The van der Waals surface area contributed by atoms with Gasteiger partial charge in [0.15, 0.2) is 0 Å². The van der Waals surface area contributed by atoms with Gasteiger partial charge in [0.1, 0.15) is 0 Å². The highest BCUT2D eigenvalue weighted by Crippen LogP contribution is 2.31. The molecule has 3 aromatic rings. The lowest BCUT2D eigenvalue weighted by Gasteiger charge is -2.34. The molecule has 33 heavy (non-hydrogen) atoms. The largest absolute Gasteiger partial charge is 0.328 e. The Labute approximate surface area is 200 Å². The molecule has 0 atom stereocenters. The molecule has 0 fully saturated rings. The maximum atomic E-state index is 13.5.